The summed E-state index contributed by atoms with van der Waals surface area (Å²) < 4.78 is 6.23. The van der Waals surface area contributed by atoms with Crippen LogP contribution in [-0.2, 0) is 9.53 Å². The molecule has 5 aliphatic rings. The van der Waals surface area contributed by atoms with Gasteiger partial charge in [0, 0.05) is 42.6 Å². The molecule has 2 aliphatic heterocycles. The molecule has 5 nitrogen and oxygen atoms in total. The van der Waals surface area contributed by atoms with E-state index in [0.717, 1.165) is 77.4 Å². The van der Waals surface area contributed by atoms with E-state index in [1.807, 2.05) is 0 Å². The van der Waals surface area contributed by atoms with Crippen LogP contribution in [0, 0.1) is 17.8 Å². The largest absolute Gasteiger partial charge is 0.363 e. The molecule has 2 saturated heterocycles. The van der Waals surface area contributed by atoms with Gasteiger partial charge in [0.1, 0.15) is 12.0 Å². The van der Waals surface area contributed by atoms with Crippen LogP contribution >= 0.6 is 0 Å². The zero-order valence-electron chi connectivity index (χ0n) is 16.7. The molecule has 0 aromatic heterocycles. The summed E-state index contributed by atoms with van der Waals surface area (Å²) in [6.45, 7) is 1.88. The van der Waals surface area contributed by atoms with Gasteiger partial charge in [0.2, 0.25) is 0 Å². The molecule has 6 atom stereocenters. The summed E-state index contributed by atoms with van der Waals surface area (Å²) in [4.78, 5) is 15.9. The van der Waals surface area contributed by atoms with Crippen molar-refractivity contribution in [2.24, 2.45) is 29.2 Å². The third-order valence-electron chi connectivity index (χ3n) is 8.97. The van der Waals surface area contributed by atoms with Gasteiger partial charge in [-0.15, -0.1) is 0 Å². The third kappa shape index (κ3) is 2.61. The molecule has 0 aromatic carbocycles. The van der Waals surface area contributed by atoms with E-state index in [1.165, 1.54) is 12.8 Å². The van der Waals surface area contributed by atoms with E-state index < -0.39 is 0 Å². The quantitative estimate of drug-likeness (QED) is 0.789. The molecule has 0 amide bonds. The maximum Gasteiger partial charge on any atom is 0.137 e. The highest BCUT2D eigenvalue weighted by Crippen LogP contribution is 2.60. The van der Waals surface area contributed by atoms with Gasteiger partial charge in [-0.25, -0.2) is 0 Å². The molecule has 6 unspecified atom stereocenters. The molecular formula is C22H37N3O2. The van der Waals surface area contributed by atoms with E-state index in [1.54, 1.807) is 0 Å². The Balaban J connectivity index is 1.64. The molecule has 5 heteroatoms. The maximum absolute atomic E-state index is 13.2. The van der Waals surface area contributed by atoms with Gasteiger partial charge in [-0.2, -0.15) is 0 Å². The molecule has 0 aromatic rings. The topological polar surface area (TPSA) is 81.6 Å². The van der Waals surface area contributed by atoms with Gasteiger partial charge in [0.05, 0.1) is 0 Å². The predicted molar refractivity (Wildman–Crippen MR) is 105 cm³/mol. The van der Waals surface area contributed by atoms with Crippen LogP contribution in [-0.4, -0.2) is 47.2 Å². The molecule has 152 valence electrons. The first-order valence-electron chi connectivity index (χ1n) is 11.5. The van der Waals surface area contributed by atoms with Gasteiger partial charge < -0.3 is 16.2 Å². The van der Waals surface area contributed by atoms with Crippen molar-refractivity contribution in [2.75, 3.05) is 13.2 Å². The Morgan fingerprint density at radius 1 is 1.00 bits per heavy atom. The fourth-order valence-corrected chi connectivity index (χ4v) is 7.81. The van der Waals surface area contributed by atoms with Crippen molar-refractivity contribution in [3.05, 3.63) is 0 Å². The number of hydrogen-bond acceptors (Lipinski definition) is 5. The number of Topliss-reactive ketones (excluding diaryl/α,β-unsaturated/α-hetero) is 1. The van der Waals surface area contributed by atoms with Gasteiger partial charge >= 0.3 is 0 Å². The Hall–Kier alpha value is -0.490. The molecule has 27 heavy (non-hydrogen) atoms. The lowest BCUT2D eigenvalue weighted by Gasteiger charge is -2.59. The number of likely N-dealkylation sites (tertiary alicyclic amines) is 1. The summed E-state index contributed by atoms with van der Waals surface area (Å²) in [6, 6.07) is 0.201. The van der Waals surface area contributed by atoms with Crippen LogP contribution in [0.2, 0.25) is 0 Å². The van der Waals surface area contributed by atoms with Crippen molar-refractivity contribution >= 4 is 5.78 Å². The van der Waals surface area contributed by atoms with Gasteiger partial charge in [-0.05, 0) is 76.0 Å². The van der Waals surface area contributed by atoms with E-state index in [0.29, 0.717) is 17.6 Å². The van der Waals surface area contributed by atoms with Crippen molar-refractivity contribution in [3.63, 3.8) is 0 Å². The minimum Gasteiger partial charge on any atom is -0.363 e. The number of carbonyl (C=O) groups is 1. The molecule has 4 N–H and O–H groups in total. The SMILES string of the molecule is NC1CCCC1C1(C2CCCC2=O)C(C2(N)CCC2)CCN1C1CCCO1. The smallest absolute Gasteiger partial charge is 0.137 e. The summed E-state index contributed by atoms with van der Waals surface area (Å²) in [5.41, 5.74) is 13.6. The average Bonchev–Trinajstić information content (AvgIpc) is 3.38. The van der Waals surface area contributed by atoms with E-state index >= 15 is 0 Å². The van der Waals surface area contributed by atoms with E-state index in [4.69, 9.17) is 16.2 Å². The molecule has 2 heterocycles. The lowest BCUT2D eigenvalue weighted by Crippen LogP contribution is -2.71. The predicted octanol–water partition coefficient (Wildman–Crippen LogP) is 2.56. The van der Waals surface area contributed by atoms with Crippen LogP contribution < -0.4 is 11.5 Å². The molecular weight excluding hydrogens is 338 g/mol. The second-order valence-corrected chi connectivity index (χ2v) is 10.1. The fourth-order valence-electron chi connectivity index (χ4n) is 7.81. The standard InChI is InChI=1S/C22H37N3O2/c23-17-7-1-5-15(17)22(16-6-2-8-18(16)26)19(21(24)11-4-12-21)10-13-25(22)20-9-3-14-27-20/h15-17,19-20H,1-14,23-24H2. The first-order valence-corrected chi connectivity index (χ1v) is 11.5. The fraction of sp³-hybridized carbons (Fsp3) is 0.955. The highest BCUT2D eigenvalue weighted by molar-refractivity contribution is 5.84. The van der Waals surface area contributed by atoms with E-state index in [-0.39, 0.29) is 29.3 Å². The van der Waals surface area contributed by atoms with Crippen molar-refractivity contribution in [1.29, 1.82) is 0 Å². The number of carbonyl (C=O) groups excluding carboxylic acids is 1. The number of nitrogens with zero attached hydrogens (tertiary/aromatic N) is 1. The van der Waals surface area contributed by atoms with Crippen LogP contribution in [0.4, 0.5) is 0 Å². The molecule has 3 saturated carbocycles. The minimum absolute atomic E-state index is 0.0987. The van der Waals surface area contributed by atoms with E-state index in [2.05, 4.69) is 4.90 Å². The first kappa shape index (κ1) is 18.5. The molecule has 0 spiro atoms. The van der Waals surface area contributed by atoms with Crippen LogP contribution in [0.3, 0.4) is 0 Å². The molecule has 5 rings (SSSR count). The van der Waals surface area contributed by atoms with Gasteiger partial charge in [-0.3, -0.25) is 9.69 Å². The monoisotopic (exact) mass is 375 g/mol. The third-order valence-corrected chi connectivity index (χ3v) is 8.97. The molecule has 3 aliphatic carbocycles. The lowest BCUT2D eigenvalue weighted by atomic mass is 9.54. The Morgan fingerprint density at radius 3 is 2.41 bits per heavy atom. The summed E-state index contributed by atoms with van der Waals surface area (Å²) >= 11 is 0. The Labute approximate surface area is 163 Å². The first-order chi connectivity index (χ1) is 13.1. The number of ketones is 1. The van der Waals surface area contributed by atoms with Gasteiger partial charge in [0.15, 0.2) is 0 Å². The maximum atomic E-state index is 13.2. The molecule has 0 bridgehead atoms. The lowest BCUT2D eigenvalue weighted by molar-refractivity contribution is -0.149. The molecule has 5 fully saturated rings. The van der Waals surface area contributed by atoms with E-state index in [9.17, 15) is 4.79 Å². The summed E-state index contributed by atoms with van der Waals surface area (Å²) in [6.07, 6.45) is 13.2. The van der Waals surface area contributed by atoms with Crippen LogP contribution in [0.25, 0.3) is 0 Å². The number of hydrogen-bond donors (Lipinski definition) is 2. The highest BCUT2D eigenvalue weighted by atomic mass is 16.5. The Morgan fingerprint density at radius 2 is 1.85 bits per heavy atom. The second-order valence-electron chi connectivity index (χ2n) is 10.1. The summed E-state index contributed by atoms with van der Waals surface area (Å²) in [5, 5.41) is 0. The summed E-state index contributed by atoms with van der Waals surface area (Å²) in [7, 11) is 0. The Kier molecular flexibility index (Phi) is 4.66. The van der Waals surface area contributed by atoms with Crippen molar-refractivity contribution in [1.82, 2.24) is 4.90 Å². The Bertz CT molecular complexity index is 586. The van der Waals surface area contributed by atoms with Crippen molar-refractivity contribution in [2.45, 2.75) is 100 Å². The highest BCUT2D eigenvalue weighted by Gasteiger charge is 2.67. The van der Waals surface area contributed by atoms with Crippen molar-refractivity contribution < 1.29 is 9.53 Å². The number of rotatable bonds is 4. The number of nitrogens with two attached hydrogens (primary N) is 2. The van der Waals surface area contributed by atoms with Gasteiger partial charge in [-0.1, -0.05) is 6.42 Å². The zero-order valence-corrected chi connectivity index (χ0v) is 16.7. The number of ether oxygens (including phenoxy) is 1. The van der Waals surface area contributed by atoms with Crippen LogP contribution in [0.5, 0.6) is 0 Å². The zero-order chi connectivity index (χ0) is 18.6. The normalized spacial score (nSPS) is 47.6. The summed E-state index contributed by atoms with van der Waals surface area (Å²) in [5.74, 6) is 1.38. The second kappa shape index (κ2) is 6.79. The van der Waals surface area contributed by atoms with Gasteiger partial charge in [0.25, 0.3) is 0 Å². The average molecular weight is 376 g/mol. The molecule has 0 radical (unpaired) electrons. The van der Waals surface area contributed by atoms with Crippen LogP contribution in [0.1, 0.15) is 77.0 Å². The van der Waals surface area contributed by atoms with Crippen LogP contribution in [0.15, 0.2) is 0 Å². The minimum atomic E-state index is -0.159. The van der Waals surface area contributed by atoms with Crippen molar-refractivity contribution in [3.8, 4) is 0 Å².